The third-order valence-corrected chi connectivity index (χ3v) is 12.3. The van der Waals surface area contributed by atoms with Crippen molar-refractivity contribution in [2.45, 2.75) is 84.6 Å². The van der Waals surface area contributed by atoms with Gasteiger partial charge >= 0.3 is 12.2 Å². The number of amides is 4. The van der Waals surface area contributed by atoms with Gasteiger partial charge in [0.1, 0.15) is 24.0 Å². The molecule has 0 radical (unpaired) electrons. The summed E-state index contributed by atoms with van der Waals surface area (Å²) >= 11 is 0. The van der Waals surface area contributed by atoms with Gasteiger partial charge in [-0.05, 0) is 77.9 Å². The highest BCUT2D eigenvalue weighted by atomic mass is 16.5. The van der Waals surface area contributed by atoms with E-state index in [1.807, 2.05) is 22.9 Å². The Bertz CT molecular complexity index is 2450. The highest BCUT2D eigenvalue weighted by molar-refractivity contribution is 6.07. The largest absolute Gasteiger partial charge is 0.488 e. The normalized spacial score (nSPS) is 19.6. The van der Waals surface area contributed by atoms with Crippen molar-refractivity contribution in [2.75, 3.05) is 48.1 Å². The highest BCUT2D eigenvalue weighted by Gasteiger charge is 2.39. The average Bonchev–Trinajstić information content (AvgIpc) is 4.12. The Kier molecular flexibility index (Phi) is 15.5. The zero-order chi connectivity index (χ0) is 46.2. The van der Waals surface area contributed by atoms with Crippen LogP contribution in [0.5, 0.6) is 5.75 Å². The number of hydrogen-bond acceptors (Lipinski definition) is 11. The summed E-state index contributed by atoms with van der Waals surface area (Å²) < 4.78 is 25.1. The number of ether oxygens (including phenoxy) is 5. The number of benzene rings is 3. The molecule has 0 saturated carbocycles. The number of rotatable bonds is 11. The minimum absolute atomic E-state index is 0. The fraction of sp³-hybridized carbons (Fsp3) is 0.489. The number of nitrogens with two attached hydrogens (primary N) is 2. The molecule has 0 aliphatic carbocycles. The third kappa shape index (κ3) is 10.8. The first kappa shape index (κ1) is 47.3. The smallest absolute Gasteiger partial charge is 0.404 e. The molecule has 64 heavy (non-hydrogen) atoms. The minimum atomic E-state index is -0.745. The van der Waals surface area contributed by atoms with Crippen LogP contribution in [0.15, 0.2) is 48.7 Å². The molecule has 5 aromatic rings. The Balaban J connectivity index is 0.000000720. The first-order chi connectivity index (χ1) is 30.7. The van der Waals surface area contributed by atoms with Crippen LogP contribution in [0.1, 0.15) is 91.9 Å². The number of nitrogens with zero attached hydrogens (tertiary/aromatic N) is 4. The molecule has 5 heterocycles. The fourth-order valence-electron chi connectivity index (χ4n) is 8.68. The van der Waals surface area contributed by atoms with Crippen LogP contribution in [-0.4, -0.2) is 108 Å². The summed E-state index contributed by atoms with van der Waals surface area (Å²) in [6, 6.07) is 14.8. The number of imidazole rings is 2. The van der Waals surface area contributed by atoms with Gasteiger partial charge in [0.2, 0.25) is 11.8 Å². The maximum Gasteiger partial charge on any atom is 0.404 e. The molecule has 2 aromatic heterocycles. The van der Waals surface area contributed by atoms with Gasteiger partial charge < -0.3 is 54.9 Å². The van der Waals surface area contributed by atoms with Crippen molar-refractivity contribution in [3.8, 4) is 28.1 Å². The molecule has 2 fully saturated rings. The predicted octanol–water partition coefficient (Wildman–Crippen LogP) is 7.89. The molecule has 2 saturated heterocycles. The number of carbonyl (C=O) groups is 4. The molecular formula is C47H66N8O9. The Morgan fingerprint density at radius 2 is 1.56 bits per heavy atom. The number of nitrogens with one attached hydrogen (secondary N) is 2. The molecular weight excluding hydrogens is 821 g/mol. The Hall–Kier alpha value is -6.20. The number of aromatic amines is 2. The first-order valence-electron chi connectivity index (χ1n) is 21.7. The molecule has 0 spiro atoms. The van der Waals surface area contributed by atoms with Crippen LogP contribution < -0.4 is 16.2 Å². The van der Waals surface area contributed by atoms with Crippen LogP contribution in [0.3, 0.4) is 0 Å². The Morgan fingerprint density at radius 3 is 2.23 bits per heavy atom. The van der Waals surface area contributed by atoms with Gasteiger partial charge in [-0.1, -0.05) is 45.4 Å². The SMILES string of the molecule is CC[C@H](C)CC(=O)N1C[C@@H](C)C[C@H]1c1ncc(-c2ccc3c(c2)COc2cc4c(ccc5[nH]c([C@@H]6CC(COC)CN6C(=O)CC(C)OC)nc54)cc2-3)[nH]1.COC(N)=O.COC(N)=O.[HH].[HH]. The third-order valence-electron chi connectivity index (χ3n) is 12.3. The van der Waals surface area contributed by atoms with Crippen molar-refractivity contribution in [2.24, 2.45) is 29.2 Å². The molecule has 3 aliphatic heterocycles. The van der Waals surface area contributed by atoms with Gasteiger partial charge in [-0.15, -0.1) is 0 Å². The molecule has 6 N–H and O–H groups in total. The summed E-state index contributed by atoms with van der Waals surface area (Å²) in [5.74, 6) is 3.80. The van der Waals surface area contributed by atoms with Gasteiger partial charge in [0, 0.05) is 53.5 Å². The summed E-state index contributed by atoms with van der Waals surface area (Å²) in [5, 5.41) is 2.08. The monoisotopic (exact) mass is 886 g/mol. The van der Waals surface area contributed by atoms with Crippen molar-refractivity contribution in [1.29, 1.82) is 0 Å². The summed E-state index contributed by atoms with van der Waals surface area (Å²) in [6.07, 6.45) is 3.84. The molecule has 3 aliphatic rings. The number of aromatic nitrogens is 4. The molecule has 6 atom stereocenters. The van der Waals surface area contributed by atoms with E-state index < -0.39 is 12.2 Å². The summed E-state index contributed by atoms with van der Waals surface area (Å²) in [6.45, 7) is 10.9. The molecule has 17 nitrogen and oxygen atoms in total. The average molecular weight is 887 g/mol. The van der Waals surface area contributed by atoms with Crippen LogP contribution in [0.2, 0.25) is 0 Å². The molecule has 348 valence electrons. The zero-order valence-electron chi connectivity index (χ0n) is 38.1. The van der Waals surface area contributed by atoms with E-state index in [-0.39, 0.29) is 38.8 Å². The second-order valence-corrected chi connectivity index (χ2v) is 17.0. The number of H-pyrrole nitrogens is 2. The molecule has 17 heteroatoms. The molecule has 8 rings (SSSR count). The van der Waals surface area contributed by atoms with Gasteiger partial charge in [0.05, 0.1) is 68.4 Å². The summed E-state index contributed by atoms with van der Waals surface area (Å²) in [7, 11) is 5.79. The van der Waals surface area contributed by atoms with Crippen molar-refractivity contribution < 1.29 is 45.7 Å². The van der Waals surface area contributed by atoms with E-state index in [1.54, 1.807) is 14.2 Å². The molecule has 2 unspecified atom stereocenters. The highest BCUT2D eigenvalue weighted by Crippen LogP contribution is 2.44. The van der Waals surface area contributed by atoms with E-state index in [4.69, 9.17) is 24.2 Å². The van der Waals surface area contributed by atoms with E-state index in [2.05, 4.69) is 94.1 Å². The topological polar surface area (TPSA) is 230 Å². The second kappa shape index (κ2) is 21.0. The van der Waals surface area contributed by atoms with Gasteiger partial charge in [0.25, 0.3) is 0 Å². The van der Waals surface area contributed by atoms with Crippen molar-refractivity contribution in [1.82, 2.24) is 29.7 Å². The fourth-order valence-corrected chi connectivity index (χ4v) is 8.68. The lowest BCUT2D eigenvalue weighted by Gasteiger charge is -2.24. The van der Waals surface area contributed by atoms with Gasteiger partial charge in [-0.3, -0.25) is 9.59 Å². The number of methoxy groups -OCH3 is 4. The van der Waals surface area contributed by atoms with Crippen molar-refractivity contribution in [3.63, 3.8) is 0 Å². The standard InChI is InChI=1S/C43H52N6O5.2C2H5NO2.2H2/c1-7-24(2)13-39(50)48-20-25(3)12-36(48)42-44-19-35(46-42)29-8-10-31-30(16-29)23-54-38-18-32-28(17-33(31)38)9-11-34-41(32)47-43(45-34)37-15-27(22-52-5)21-49(37)40(51)14-26(4)53-6;2*1-5-2(3)4;;/h8-11,16-19,24-27,36-37H,7,12-15,20-23H2,1-6H3,(H,44,46)(H,45,47);2*1H3,(H2,3,4);2*1H/t24-,25-,26?,27?,36-,37-;;;;/m0..../s1. The van der Waals surface area contributed by atoms with E-state index >= 15 is 0 Å². The van der Waals surface area contributed by atoms with E-state index in [1.165, 1.54) is 14.2 Å². The minimum Gasteiger partial charge on any atom is -0.488 e. The second-order valence-electron chi connectivity index (χ2n) is 17.0. The number of fused-ring (bicyclic) bond motifs is 6. The Labute approximate surface area is 376 Å². The number of likely N-dealkylation sites (tertiary alicyclic amines) is 2. The van der Waals surface area contributed by atoms with E-state index in [9.17, 15) is 19.2 Å². The predicted molar refractivity (Wildman–Crippen MR) is 246 cm³/mol. The lowest BCUT2D eigenvalue weighted by atomic mass is 9.92. The summed E-state index contributed by atoms with van der Waals surface area (Å²) in [4.78, 5) is 66.4. The number of hydrogen-bond donors (Lipinski definition) is 4. The molecule has 0 bridgehead atoms. The maximum atomic E-state index is 13.4. The Morgan fingerprint density at radius 1 is 0.875 bits per heavy atom. The van der Waals surface area contributed by atoms with Crippen LogP contribution in [-0.2, 0) is 35.1 Å². The maximum absolute atomic E-state index is 13.4. The molecule has 4 amide bonds. The number of carbonyl (C=O) groups excluding carboxylic acids is 4. The lowest BCUT2D eigenvalue weighted by molar-refractivity contribution is -0.135. The first-order valence-corrected chi connectivity index (χ1v) is 21.7. The van der Waals surface area contributed by atoms with E-state index in [0.29, 0.717) is 44.4 Å². The number of primary amides is 2. The van der Waals surface area contributed by atoms with Crippen LogP contribution in [0.25, 0.3) is 44.2 Å². The molecule has 3 aromatic carbocycles. The van der Waals surface area contributed by atoms with Crippen molar-refractivity contribution >= 4 is 45.8 Å². The lowest BCUT2D eigenvalue weighted by Crippen LogP contribution is -2.34. The van der Waals surface area contributed by atoms with Gasteiger partial charge in [-0.25, -0.2) is 19.6 Å². The van der Waals surface area contributed by atoms with Gasteiger partial charge in [-0.2, -0.15) is 0 Å². The van der Waals surface area contributed by atoms with Crippen LogP contribution >= 0.6 is 0 Å². The summed E-state index contributed by atoms with van der Waals surface area (Å²) in [5.41, 5.74) is 15.9. The van der Waals surface area contributed by atoms with E-state index in [0.717, 1.165) is 93.0 Å². The van der Waals surface area contributed by atoms with Gasteiger partial charge in [0.15, 0.2) is 0 Å². The zero-order valence-corrected chi connectivity index (χ0v) is 38.1. The van der Waals surface area contributed by atoms with Crippen LogP contribution in [0, 0.1) is 17.8 Å². The quantitative estimate of drug-likeness (QED) is 0.0996. The van der Waals surface area contributed by atoms with Crippen LogP contribution in [0.4, 0.5) is 9.59 Å². The van der Waals surface area contributed by atoms with Crippen molar-refractivity contribution in [3.05, 3.63) is 65.9 Å².